The lowest BCUT2D eigenvalue weighted by atomic mass is 10.0. The van der Waals surface area contributed by atoms with Gasteiger partial charge in [-0.25, -0.2) is 4.98 Å². The summed E-state index contributed by atoms with van der Waals surface area (Å²) in [5.41, 5.74) is 5.53. The van der Waals surface area contributed by atoms with Crippen LogP contribution in [0.25, 0.3) is 11.0 Å². The fourth-order valence-electron chi connectivity index (χ4n) is 5.52. The highest BCUT2D eigenvalue weighted by atomic mass is 16.5. The number of methoxy groups -OCH3 is 1. The predicted molar refractivity (Wildman–Crippen MR) is 157 cm³/mol. The second-order valence-electron chi connectivity index (χ2n) is 10.0. The Morgan fingerprint density at radius 3 is 2.55 bits per heavy atom. The Morgan fingerprint density at radius 2 is 1.82 bits per heavy atom. The molecule has 0 saturated carbocycles. The number of imidazole rings is 1. The van der Waals surface area contributed by atoms with Gasteiger partial charge in [0.1, 0.15) is 24.8 Å². The molecule has 4 aromatic rings. The van der Waals surface area contributed by atoms with Crippen molar-refractivity contribution in [1.82, 2.24) is 9.55 Å². The molecule has 0 bridgehead atoms. The molecular formula is C32H36N4O4. The number of hydrogen-bond donors (Lipinski definition) is 0. The van der Waals surface area contributed by atoms with Gasteiger partial charge in [0.05, 0.1) is 23.8 Å². The third-order valence-corrected chi connectivity index (χ3v) is 7.55. The molecule has 0 radical (unpaired) electrons. The summed E-state index contributed by atoms with van der Waals surface area (Å²) in [4.78, 5) is 35.7. The number of rotatable bonds is 10. The van der Waals surface area contributed by atoms with Crippen LogP contribution in [0.1, 0.15) is 43.1 Å². The van der Waals surface area contributed by atoms with E-state index in [9.17, 15) is 9.59 Å². The average Bonchev–Trinajstić information content (AvgIpc) is 3.54. The van der Waals surface area contributed by atoms with E-state index in [1.807, 2.05) is 79.1 Å². The van der Waals surface area contributed by atoms with Crippen LogP contribution >= 0.6 is 0 Å². The summed E-state index contributed by atoms with van der Waals surface area (Å²) in [6.07, 6.45) is 1.13. The number of aryl methyl sites for hydroxylation is 2. The fraction of sp³-hybridized carbons (Fsp3) is 0.344. The molecule has 0 spiro atoms. The van der Waals surface area contributed by atoms with Crippen LogP contribution < -0.4 is 14.5 Å². The summed E-state index contributed by atoms with van der Waals surface area (Å²) in [7, 11) is 1.62. The molecule has 1 aromatic heterocycles. The first kappa shape index (κ1) is 27.4. The van der Waals surface area contributed by atoms with Crippen molar-refractivity contribution in [3.8, 4) is 5.75 Å². The number of nitrogens with zero attached hydrogens (tertiary/aromatic N) is 4. The second-order valence-corrected chi connectivity index (χ2v) is 10.0. The van der Waals surface area contributed by atoms with Gasteiger partial charge in [-0.3, -0.25) is 14.5 Å². The Labute approximate surface area is 235 Å². The number of fused-ring (bicyclic) bond motifs is 1. The zero-order chi connectivity index (χ0) is 28.2. The molecule has 2 amide bonds. The first-order valence-corrected chi connectivity index (χ1v) is 13.8. The topological polar surface area (TPSA) is 76.9 Å². The van der Waals surface area contributed by atoms with Gasteiger partial charge in [-0.15, -0.1) is 0 Å². The van der Waals surface area contributed by atoms with E-state index in [0.29, 0.717) is 19.6 Å². The number of amides is 2. The van der Waals surface area contributed by atoms with Crippen molar-refractivity contribution >= 4 is 34.2 Å². The number of carbonyl (C=O) groups is 2. The molecule has 5 rings (SSSR count). The highest BCUT2D eigenvalue weighted by Gasteiger charge is 2.35. The second kappa shape index (κ2) is 11.9. The summed E-state index contributed by atoms with van der Waals surface area (Å²) >= 11 is 0. The van der Waals surface area contributed by atoms with Crippen LogP contribution in [-0.4, -0.2) is 48.4 Å². The fourth-order valence-corrected chi connectivity index (χ4v) is 5.52. The standard InChI is InChI=1S/C32H36N4O4/c1-5-23-11-9-10-22(3)31(23)36(21-40-6-2)30(38)20-35-28-13-8-7-12-27(28)33-32(35)24-18-29(37)34(19-24)25-14-16-26(39-4)17-15-25/h7-17,24H,5-6,18-21H2,1-4H3/t24-/m0/s1. The molecule has 0 aliphatic carbocycles. The number of ether oxygens (including phenoxy) is 2. The van der Waals surface area contributed by atoms with E-state index in [-0.39, 0.29) is 31.0 Å². The largest absolute Gasteiger partial charge is 0.497 e. The first-order valence-electron chi connectivity index (χ1n) is 13.8. The maximum atomic E-state index is 14.1. The van der Waals surface area contributed by atoms with Crippen LogP contribution in [0.3, 0.4) is 0 Å². The molecule has 1 fully saturated rings. The maximum Gasteiger partial charge on any atom is 0.248 e. The minimum Gasteiger partial charge on any atom is -0.497 e. The van der Waals surface area contributed by atoms with Crippen LogP contribution in [0.2, 0.25) is 0 Å². The van der Waals surface area contributed by atoms with Gasteiger partial charge < -0.3 is 18.9 Å². The molecule has 2 heterocycles. The van der Waals surface area contributed by atoms with Crippen molar-refractivity contribution in [2.75, 3.05) is 36.8 Å². The molecule has 1 aliphatic heterocycles. The van der Waals surface area contributed by atoms with Gasteiger partial charge in [-0.1, -0.05) is 37.3 Å². The van der Waals surface area contributed by atoms with Crippen molar-refractivity contribution in [2.45, 2.75) is 46.1 Å². The lowest BCUT2D eigenvalue weighted by Gasteiger charge is -2.27. The average molecular weight is 541 g/mol. The number of aromatic nitrogens is 2. The molecule has 1 saturated heterocycles. The Bertz CT molecular complexity index is 1510. The third kappa shape index (κ3) is 5.31. The Morgan fingerprint density at radius 1 is 1.05 bits per heavy atom. The summed E-state index contributed by atoms with van der Waals surface area (Å²) < 4.78 is 13.0. The molecule has 1 aliphatic rings. The zero-order valence-corrected chi connectivity index (χ0v) is 23.6. The molecule has 40 heavy (non-hydrogen) atoms. The van der Waals surface area contributed by atoms with E-state index in [0.717, 1.165) is 51.5 Å². The molecule has 8 nitrogen and oxygen atoms in total. The summed E-state index contributed by atoms with van der Waals surface area (Å²) in [6, 6.07) is 21.4. The lowest BCUT2D eigenvalue weighted by molar-refractivity contribution is -0.120. The van der Waals surface area contributed by atoms with E-state index in [1.165, 1.54) is 0 Å². The zero-order valence-electron chi connectivity index (χ0n) is 23.6. The number of benzene rings is 3. The number of hydrogen-bond acceptors (Lipinski definition) is 5. The number of para-hydroxylation sites is 3. The van der Waals surface area contributed by atoms with E-state index in [2.05, 4.69) is 13.0 Å². The van der Waals surface area contributed by atoms with Crippen molar-refractivity contribution in [2.24, 2.45) is 0 Å². The van der Waals surface area contributed by atoms with Crippen molar-refractivity contribution in [3.63, 3.8) is 0 Å². The summed E-state index contributed by atoms with van der Waals surface area (Å²) in [5, 5.41) is 0. The Kier molecular flexibility index (Phi) is 8.16. The van der Waals surface area contributed by atoms with Gasteiger partial charge in [0, 0.05) is 31.2 Å². The highest BCUT2D eigenvalue weighted by molar-refractivity contribution is 5.97. The van der Waals surface area contributed by atoms with Crippen LogP contribution in [0.5, 0.6) is 5.75 Å². The third-order valence-electron chi connectivity index (χ3n) is 7.55. The van der Waals surface area contributed by atoms with Crippen molar-refractivity contribution < 1.29 is 19.1 Å². The van der Waals surface area contributed by atoms with Crippen molar-refractivity contribution in [1.29, 1.82) is 0 Å². The molecule has 8 heteroatoms. The molecule has 1 atom stereocenters. The first-order chi connectivity index (χ1) is 19.4. The minimum atomic E-state index is -0.153. The van der Waals surface area contributed by atoms with Gasteiger partial charge in [-0.2, -0.15) is 0 Å². The predicted octanol–water partition coefficient (Wildman–Crippen LogP) is 5.46. The number of anilines is 2. The van der Waals surface area contributed by atoms with E-state index >= 15 is 0 Å². The maximum absolute atomic E-state index is 14.1. The van der Waals surface area contributed by atoms with E-state index < -0.39 is 0 Å². The highest BCUT2D eigenvalue weighted by Crippen LogP contribution is 2.34. The normalized spacial score (nSPS) is 15.2. The van der Waals surface area contributed by atoms with E-state index in [1.54, 1.807) is 16.9 Å². The molecule has 208 valence electrons. The molecule has 3 aromatic carbocycles. The van der Waals surface area contributed by atoms with Crippen LogP contribution in [-0.2, 0) is 27.3 Å². The smallest absolute Gasteiger partial charge is 0.248 e. The van der Waals surface area contributed by atoms with Gasteiger partial charge in [0.25, 0.3) is 0 Å². The summed E-state index contributed by atoms with van der Waals surface area (Å²) in [5.74, 6) is 1.28. The van der Waals surface area contributed by atoms with Gasteiger partial charge in [-0.05, 0) is 67.8 Å². The molecule has 0 unspecified atom stereocenters. The van der Waals surface area contributed by atoms with Gasteiger partial charge in [0.2, 0.25) is 11.8 Å². The molecular weight excluding hydrogens is 504 g/mol. The molecule has 0 N–H and O–H groups in total. The van der Waals surface area contributed by atoms with Gasteiger partial charge in [0.15, 0.2) is 0 Å². The number of carbonyl (C=O) groups excluding carboxylic acids is 2. The summed E-state index contributed by atoms with van der Waals surface area (Å²) in [6.45, 7) is 7.29. The van der Waals surface area contributed by atoms with Crippen LogP contribution in [0.4, 0.5) is 11.4 Å². The minimum absolute atomic E-state index is 0.0329. The Balaban J connectivity index is 1.49. The quantitative estimate of drug-likeness (QED) is 0.250. The van der Waals surface area contributed by atoms with Crippen LogP contribution in [0.15, 0.2) is 66.7 Å². The van der Waals surface area contributed by atoms with Crippen LogP contribution in [0, 0.1) is 6.92 Å². The Hall–Kier alpha value is -4.17. The van der Waals surface area contributed by atoms with E-state index in [4.69, 9.17) is 14.5 Å². The van der Waals surface area contributed by atoms with Crippen molar-refractivity contribution in [3.05, 3.63) is 83.7 Å². The SMILES string of the molecule is CCOCN(C(=O)Cn1c([C@H]2CC(=O)N(c3ccc(OC)cc3)C2)nc2ccccc21)c1c(C)cccc1CC. The van der Waals surface area contributed by atoms with Gasteiger partial charge >= 0.3 is 0 Å². The monoisotopic (exact) mass is 540 g/mol. The lowest BCUT2D eigenvalue weighted by Crippen LogP contribution is -2.37.